The molecule has 1 rings (SSSR count). The van der Waals surface area contributed by atoms with Gasteiger partial charge in [0.2, 0.25) is 0 Å². The van der Waals surface area contributed by atoms with E-state index >= 15 is 0 Å². The van der Waals surface area contributed by atoms with Gasteiger partial charge in [0.1, 0.15) is 12.9 Å². The molecule has 0 aliphatic heterocycles. The Morgan fingerprint density at radius 3 is 2.56 bits per heavy atom. The molecule has 1 atom stereocenters. The maximum Gasteiger partial charge on any atom is 0.165 e. The van der Waals surface area contributed by atoms with E-state index in [0.717, 1.165) is 4.47 Å². The van der Waals surface area contributed by atoms with E-state index in [0.29, 0.717) is 5.82 Å². The van der Waals surface area contributed by atoms with Gasteiger partial charge in [-0.2, -0.15) is 0 Å². The third-order valence-corrected chi connectivity index (χ3v) is 2.61. The number of hydrogen-bond donors (Lipinski definition) is 1. The van der Waals surface area contributed by atoms with E-state index in [4.69, 9.17) is 14.2 Å². The molecule has 0 amide bonds. The molecule has 1 N–H and O–H groups in total. The number of methoxy groups -OCH3 is 1. The van der Waals surface area contributed by atoms with Crippen molar-refractivity contribution in [1.29, 1.82) is 0 Å². The highest BCUT2D eigenvalue weighted by atomic mass is 79.9. The smallest absolute Gasteiger partial charge is 0.165 e. The molecule has 6 nitrogen and oxygen atoms in total. The second kappa shape index (κ2) is 7.10. The van der Waals surface area contributed by atoms with Gasteiger partial charge in [-0.25, -0.2) is 9.97 Å². The zero-order chi connectivity index (χ0) is 13.6. The minimum absolute atomic E-state index is 0.0223. The molecule has 1 heterocycles. The Kier molecular flexibility index (Phi) is 6.10. The minimum atomic E-state index is -0.882. The molecule has 0 fully saturated rings. The fourth-order valence-corrected chi connectivity index (χ4v) is 1.18. The van der Waals surface area contributed by atoms with E-state index < -0.39 is 11.9 Å². The fourth-order valence-electron chi connectivity index (χ4n) is 0.971. The predicted molar refractivity (Wildman–Crippen MR) is 67.7 cm³/mol. The first-order chi connectivity index (χ1) is 8.44. The molecule has 0 aromatic carbocycles. The molecular formula is C11H17BrN2O4. The maximum absolute atomic E-state index is 9.75. The van der Waals surface area contributed by atoms with Crippen LogP contribution in [0.5, 0.6) is 0 Å². The third-order valence-electron chi connectivity index (χ3n) is 2.20. The highest BCUT2D eigenvalue weighted by Gasteiger charge is 2.17. The van der Waals surface area contributed by atoms with Crippen molar-refractivity contribution in [2.75, 3.05) is 20.5 Å². The number of ether oxygens (including phenoxy) is 3. The summed E-state index contributed by atoms with van der Waals surface area (Å²) in [5.74, 6) is -0.400. The first-order valence-corrected chi connectivity index (χ1v) is 6.16. The minimum Gasteiger partial charge on any atom is -0.383 e. The van der Waals surface area contributed by atoms with E-state index in [2.05, 4.69) is 25.9 Å². The largest absolute Gasteiger partial charge is 0.383 e. The van der Waals surface area contributed by atoms with Gasteiger partial charge in [-0.3, -0.25) is 0 Å². The van der Waals surface area contributed by atoms with E-state index in [1.807, 2.05) is 0 Å². The van der Waals surface area contributed by atoms with Crippen LogP contribution in [0.2, 0.25) is 0 Å². The van der Waals surface area contributed by atoms with Crippen LogP contribution in [0.25, 0.3) is 0 Å². The van der Waals surface area contributed by atoms with Gasteiger partial charge < -0.3 is 19.3 Å². The lowest BCUT2D eigenvalue weighted by Gasteiger charge is -2.23. The van der Waals surface area contributed by atoms with Gasteiger partial charge in [0.25, 0.3) is 0 Å². The van der Waals surface area contributed by atoms with Gasteiger partial charge >= 0.3 is 0 Å². The van der Waals surface area contributed by atoms with Gasteiger partial charge in [0.15, 0.2) is 11.6 Å². The Morgan fingerprint density at radius 1 is 1.39 bits per heavy atom. The number of aromatic nitrogens is 2. The van der Waals surface area contributed by atoms with Crippen LogP contribution in [0.4, 0.5) is 0 Å². The molecule has 18 heavy (non-hydrogen) atoms. The summed E-state index contributed by atoms with van der Waals surface area (Å²) >= 11 is 3.22. The average Bonchev–Trinajstić information content (AvgIpc) is 2.35. The Hall–Kier alpha value is -0.600. The van der Waals surface area contributed by atoms with E-state index in [9.17, 15) is 5.11 Å². The summed E-state index contributed by atoms with van der Waals surface area (Å²) in [6, 6.07) is 0. The average molecular weight is 321 g/mol. The third kappa shape index (κ3) is 5.36. The van der Waals surface area contributed by atoms with Crippen LogP contribution in [-0.4, -0.2) is 41.4 Å². The van der Waals surface area contributed by atoms with Crippen molar-refractivity contribution in [3.05, 3.63) is 22.7 Å². The van der Waals surface area contributed by atoms with Gasteiger partial charge in [-0.1, -0.05) is 0 Å². The normalized spacial score (nSPS) is 13.6. The molecule has 0 saturated carbocycles. The summed E-state index contributed by atoms with van der Waals surface area (Å²) in [6.45, 7) is 3.62. The van der Waals surface area contributed by atoms with Gasteiger partial charge in [0, 0.05) is 19.5 Å². The molecule has 7 heteroatoms. The lowest BCUT2D eigenvalue weighted by atomic mass is 10.3. The summed E-state index contributed by atoms with van der Waals surface area (Å²) in [7, 11) is 1.55. The van der Waals surface area contributed by atoms with Crippen LogP contribution in [0.3, 0.4) is 0 Å². The van der Waals surface area contributed by atoms with Crippen molar-refractivity contribution in [2.24, 2.45) is 0 Å². The molecule has 1 aromatic rings. The van der Waals surface area contributed by atoms with Crippen LogP contribution >= 0.6 is 15.9 Å². The van der Waals surface area contributed by atoms with Crippen LogP contribution in [0, 0.1) is 0 Å². The first-order valence-electron chi connectivity index (χ1n) is 5.37. The van der Waals surface area contributed by atoms with E-state index in [-0.39, 0.29) is 13.4 Å². The zero-order valence-electron chi connectivity index (χ0n) is 10.6. The van der Waals surface area contributed by atoms with E-state index in [1.165, 1.54) is 0 Å². The van der Waals surface area contributed by atoms with Crippen molar-refractivity contribution in [2.45, 2.75) is 25.7 Å². The molecule has 0 radical (unpaired) electrons. The summed E-state index contributed by atoms with van der Waals surface area (Å²) in [4.78, 5) is 7.94. The van der Waals surface area contributed by atoms with Gasteiger partial charge in [0.05, 0.1) is 11.1 Å². The van der Waals surface area contributed by atoms with Gasteiger partial charge in [-0.05, 0) is 29.8 Å². The first kappa shape index (κ1) is 15.5. The number of hydrogen-bond acceptors (Lipinski definition) is 6. The summed E-state index contributed by atoms with van der Waals surface area (Å²) < 4.78 is 16.3. The topological polar surface area (TPSA) is 73.7 Å². The highest BCUT2D eigenvalue weighted by molar-refractivity contribution is 9.10. The van der Waals surface area contributed by atoms with Crippen molar-refractivity contribution >= 4 is 15.9 Å². The second-order valence-electron chi connectivity index (χ2n) is 4.01. The quantitative estimate of drug-likeness (QED) is 0.608. The molecule has 102 valence electrons. The number of aliphatic hydroxyl groups excluding tert-OH is 1. The highest BCUT2D eigenvalue weighted by Crippen LogP contribution is 2.12. The van der Waals surface area contributed by atoms with Crippen molar-refractivity contribution in [1.82, 2.24) is 9.97 Å². The Bertz CT molecular complexity index is 359. The number of nitrogens with zero attached hydrogens (tertiary/aromatic N) is 2. The van der Waals surface area contributed by atoms with Crippen LogP contribution in [-0.2, 0) is 14.2 Å². The fraction of sp³-hybridized carbons (Fsp3) is 0.636. The summed E-state index contributed by atoms with van der Waals surface area (Å²) in [5.41, 5.74) is 0. The SMILES string of the molecule is COC(C)(C)OCOCC(O)c1ncc(Br)cn1. The molecule has 1 aromatic heterocycles. The van der Waals surface area contributed by atoms with Crippen molar-refractivity contribution in [3.63, 3.8) is 0 Å². The van der Waals surface area contributed by atoms with Crippen molar-refractivity contribution < 1.29 is 19.3 Å². The second-order valence-corrected chi connectivity index (χ2v) is 4.93. The molecule has 0 spiro atoms. The monoisotopic (exact) mass is 320 g/mol. The van der Waals surface area contributed by atoms with Crippen LogP contribution in [0.15, 0.2) is 16.9 Å². The van der Waals surface area contributed by atoms with E-state index in [1.54, 1.807) is 33.4 Å². The lowest BCUT2D eigenvalue weighted by molar-refractivity contribution is -0.244. The molecule has 1 unspecified atom stereocenters. The van der Waals surface area contributed by atoms with Crippen LogP contribution in [0.1, 0.15) is 25.8 Å². The van der Waals surface area contributed by atoms with Crippen LogP contribution < -0.4 is 0 Å². The number of halogens is 1. The molecule has 0 bridgehead atoms. The molecule has 0 aliphatic rings. The number of rotatable bonds is 7. The Morgan fingerprint density at radius 2 is 2.00 bits per heavy atom. The lowest BCUT2D eigenvalue weighted by Crippen LogP contribution is -2.28. The summed E-state index contributed by atoms with van der Waals surface area (Å²) in [6.07, 6.45) is 2.25. The molecule has 0 aliphatic carbocycles. The zero-order valence-corrected chi connectivity index (χ0v) is 12.2. The molecule has 0 saturated heterocycles. The van der Waals surface area contributed by atoms with Crippen molar-refractivity contribution in [3.8, 4) is 0 Å². The van der Waals surface area contributed by atoms with Gasteiger partial charge in [-0.15, -0.1) is 0 Å². The predicted octanol–water partition coefficient (Wildman–Crippen LogP) is 1.65. The Labute approximate surface area is 114 Å². The number of aliphatic hydroxyl groups is 1. The standard InChI is InChI=1S/C11H17BrN2O4/c1-11(2,16-3)18-7-17-6-9(15)10-13-4-8(12)5-14-10/h4-5,9,15H,6-7H2,1-3H3. The maximum atomic E-state index is 9.75. The summed E-state index contributed by atoms with van der Waals surface area (Å²) in [5, 5.41) is 9.75. The molecular weight excluding hydrogens is 304 g/mol. The Balaban J connectivity index is 2.29.